The highest BCUT2D eigenvalue weighted by molar-refractivity contribution is 5.33. The smallest absolute Gasteiger partial charge is 0.123 e. The van der Waals surface area contributed by atoms with Gasteiger partial charge in [0.25, 0.3) is 0 Å². The summed E-state index contributed by atoms with van der Waals surface area (Å²) in [7, 11) is 0. The molecule has 0 unspecified atom stereocenters. The number of aromatic nitrogens is 1. The summed E-state index contributed by atoms with van der Waals surface area (Å²) in [4.78, 5) is 4.34. The number of rotatable bonds is 3. The predicted molar refractivity (Wildman–Crippen MR) is 53.2 cm³/mol. The van der Waals surface area contributed by atoms with E-state index in [-0.39, 0.29) is 5.54 Å². The van der Waals surface area contributed by atoms with Crippen LogP contribution < -0.4 is 11.1 Å². The molecule has 0 spiro atoms. The molecular formula is C10H15N3. The zero-order valence-corrected chi connectivity index (χ0v) is 7.88. The van der Waals surface area contributed by atoms with E-state index in [0.717, 1.165) is 12.2 Å². The second-order valence-corrected chi connectivity index (χ2v) is 3.56. The molecule has 1 fully saturated rings. The van der Waals surface area contributed by atoms with Gasteiger partial charge in [-0.25, -0.2) is 4.98 Å². The normalized spacial score (nSPS) is 18.5. The number of nitrogens with one attached hydrogen (secondary N) is 1. The van der Waals surface area contributed by atoms with Crippen molar-refractivity contribution in [3.05, 3.63) is 23.9 Å². The Bertz CT molecular complexity index is 305. The second-order valence-electron chi connectivity index (χ2n) is 3.56. The highest BCUT2D eigenvalue weighted by Crippen LogP contribution is 2.44. The van der Waals surface area contributed by atoms with Gasteiger partial charge in [-0.2, -0.15) is 0 Å². The van der Waals surface area contributed by atoms with Gasteiger partial charge >= 0.3 is 0 Å². The van der Waals surface area contributed by atoms with Gasteiger partial charge in [-0.3, -0.25) is 0 Å². The van der Waals surface area contributed by atoms with Crippen molar-refractivity contribution in [1.29, 1.82) is 0 Å². The molecule has 1 aromatic heterocycles. The van der Waals surface area contributed by atoms with Gasteiger partial charge in [-0.1, -0.05) is 13.0 Å². The number of hydrogen-bond acceptors (Lipinski definition) is 3. The Kier molecular flexibility index (Phi) is 1.96. The first-order valence-electron chi connectivity index (χ1n) is 4.75. The lowest BCUT2D eigenvalue weighted by Gasteiger charge is -2.15. The number of nitrogens with zero attached hydrogens (tertiary/aromatic N) is 1. The quantitative estimate of drug-likeness (QED) is 0.731. The van der Waals surface area contributed by atoms with E-state index in [9.17, 15) is 0 Å². The van der Waals surface area contributed by atoms with Gasteiger partial charge in [0.1, 0.15) is 5.82 Å². The maximum absolute atomic E-state index is 5.64. The summed E-state index contributed by atoms with van der Waals surface area (Å²) in [5, 5.41) is 3.46. The number of pyridine rings is 1. The van der Waals surface area contributed by atoms with Gasteiger partial charge in [-0.15, -0.1) is 0 Å². The molecule has 1 aliphatic carbocycles. The van der Waals surface area contributed by atoms with Crippen LogP contribution in [0.4, 0.5) is 5.82 Å². The molecule has 0 aliphatic heterocycles. The summed E-state index contributed by atoms with van der Waals surface area (Å²) in [5.41, 5.74) is 6.88. The first-order chi connectivity index (χ1) is 6.27. The van der Waals surface area contributed by atoms with Crippen LogP contribution in [0.3, 0.4) is 0 Å². The van der Waals surface area contributed by atoms with E-state index in [1.54, 1.807) is 0 Å². The number of nitrogens with two attached hydrogens (primary N) is 1. The molecule has 1 heterocycles. The van der Waals surface area contributed by atoms with Gasteiger partial charge < -0.3 is 11.1 Å². The van der Waals surface area contributed by atoms with E-state index >= 15 is 0 Å². The van der Waals surface area contributed by atoms with Crippen molar-refractivity contribution in [1.82, 2.24) is 10.3 Å². The van der Waals surface area contributed by atoms with E-state index < -0.39 is 0 Å². The van der Waals surface area contributed by atoms with Crippen molar-refractivity contribution in [3.63, 3.8) is 0 Å². The summed E-state index contributed by atoms with van der Waals surface area (Å²) < 4.78 is 0. The fraction of sp³-hybridized carbons (Fsp3) is 0.500. The highest BCUT2D eigenvalue weighted by Gasteiger charge is 2.44. The first kappa shape index (κ1) is 8.51. The molecule has 0 aromatic carbocycles. The summed E-state index contributed by atoms with van der Waals surface area (Å²) in [6, 6.07) is 5.84. The standard InChI is InChI=1S/C10H15N3/c1-2-12-10(6-7-10)8-4-3-5-9(11)13-8/h3-5,12H,2,6-7H2,1H3,(H2,11,13). The molecule has 70 valence electrons. The Labute approximate surface area is 78.4 Å². The van der Waals surface area contributed by atoms with Gasteiger partial charge in [0.05, 0.1) is 11.2 Å². The lowest BCUT2D eigenvalue weighted by atomic mass is 10.1. The van der Waals surface area contributed by atoms with Crippen LogP contribution in [0.5, 0.6) is 0 Å². The molecule has 1 aromatic rings. The van der Waals surface area contributed by atoms with Crippen molar-refractivity contribution in [2.24, 2.45) is 0 Å². The lowest BCUT2D eigenvalue weighted by Crippen LogP contribution is -2.29. The third-order valence-corrected chi connectivity index (χ3v) is 2.53. The molecule has 0 amide bonds. The molecule has 13 heavy (non-hydrogen) atoms. The van der Waals surface area contributed by atoms with Crippen LogP contribution in [0.2, 0.25) is 0 Å². The predicted octanol–water partition coefficient (Wildman–Crippen LogP) is 1.26. The molecule has 0 atom stereocenters. The van der Waals surface area contributed by atoms with Crippen molar-refractivity contribution in [2.45, 2.75) is 25.3 Å². The molecule has 2 rings (SSSR count). The van der Waals surface area contributed by atoms with Crippen LogP contribution in [0, 0.1) is 0 Å². The fourth-order valence-corrected chi connectivity index (χ4v) is 1.70. The molecule has 3 nitrogen and oxygen atoms in total. The van der Waals surface area contributed by atoms with Crippen molar-refractivity contribution >= 4 is 5.82 Å². The van der Waals surface area contributed by atoms with Crippen molar-refractivity contribution < 1.29 is 0 Å². The average Bonchev–Trinajstić information content (AvgIpc) is 2.86. The minimum Gasteiger partial charge on any atom is -0.384 e. The maximum atomic E-state index is 5.64. The minimum atomic E-state index is 0.143. The Morgan fingerprint density at radius 3 is 2.85 bits per heavy atom. The van der Waals surface area contributed by atoms with E-state index in [4.69, 9.17) is 5.73 Å². The third-order valence-electron chi connectivity index (χ3n) is 2.53. The Morgan fingerprint density at radius 2 is 2.31 bits per heavy atom. The van der Waals surface area contributed by atoms with Gasteiger partial charge in [0, 0.05) is 0 Å². The molecular weight excluding hydrogens is 162 g/mol. The second kappa shape index (κ2) is 3.00. The number of anilines is 1. The van der Waals surface area contributed by atoms with Gasteiger partial charge in [-0.05, 0) is 31.5 Å². The maximum Gasteiger partial charge on any atom is 0.123 e. The average molecular weight is 177 g/mol. The molecule has 0 radical (unpaired) electrons. The van der Waals surface area contributed by atoms with Crippen LogP contribution in [0.15, 0.2) is 18.2 Å². The third kappa shape index (κ3) is 1.52. The Balaban J connectivity index is 2.25. The van der Waals surface area contributed by atoms with Crippen molar-refractivity contribution in [3.8, 4) is 0 Å². The van der Waals surface area contributed by atoms with Crippen LogP contribution in [-0.2, 0) is 5.54 Å². The summed E-state index contributed by atoms with van der Waals surface area (Å²) >= 11 is 0. The van der Waals surface area contributed by atoms with Gasteiger partial charge in [0.15, 0.2) is 0 Å². The van der Waals surface area contributed by atoms with Gasteiger partial charge in [0.2, 0.25) is 0 Å². The highest BCUT2D eigenvalue weighted by atomic mass is 15.1. The molecule has 1 saturated carbocycles. The van der Waals surface area contributed by atoms with E-state index in [1.807, 2.05) is 18.2 Å². The molecule has 3 N–H and O–H groups in total. The first-order valence-corrected chi connectivity index (χ1v) is 4.75. The number of hydrogen-bond donors (Lipinski definition) is 2. The summed E-state index contributed by atoms with van der Waals surface area (Å²) in [6.45, 7) is 3.10. The molecule has 1 aliphatic rings. The summed E-state index contributed by atoms with van der Waals surface area (Å²) in [6.07, 6.45) is 2.36. The Morgan fingerprint density at radius 1 is 1.54 bits per heavy atom. The van der Waals surface area contributed by atoms with Crippen LogP contribution >= 0.6 is 0 Å². The van der Waals surface area contributed by atoms with E-state index in [1.165, 1.54) is 12.8 Å². The lowest BCUT2D eigenvalue weighted by molar-refractivity contribution is 0.526. The fourth-order valence-electron chi connectivity index (χ4n) is 1.70. The van der Waals surface area contributed by atoms with E-state index in [0.29, 0.717) is 5.82 Å². The monoisotopic (exact) mass is 177 g/mol. The number of nitrogen functional groups attached to an aromatic ring is 1. The SMILES string of the molecule is CCNC1(c2cccc(N)n2)CC1. The summed E-state index contributed by atoms with van der Waals surface area (Å²) in [5.74, 6) is 0.613. The zero-order chi connectivity index (χ0) is 9.31. The van der Waals surface area contributed by atoms with E-state index in [2.05, 4.69) is 17.2 Å². The minimum absolute atomic E-state index is 0.143. The topological polar surface area (TPSA) is 50.9 Å². The van der Waals surface area contributed by atoms with Crippen molar-refractivity contribution in [2.75, 3.05) is 12.3 Å². The largest absolute Gasteiger partial charge is 0.384 e. The molecule has 0 saturated heterocycles. The zero-order valence-electron chi connectivity index (χ0n) is 7.88. The molecule has 0 bridgehead atoms. The van der Waals surface area contributed by atoms with Crippen LogP contribution in [-0.4, -0.2) is 11.5 Å². The van der Waals surface area contributed by atoms with Crippen LogP contribution in [0.25, 0.3) is 0 Å². The molecule has 3 heteroatoms. The van der Waals surface area contributed by atoms with Crippen LogP contribution in [0.1, 0.15) is 25.5 Å². The Hall–Kier alpha value is -1.09.